The summed E-state index contributed by atoms with van der Waals surface area (Å²) in [7, 11) is 0. The summed E-state index contributed by atoms with van der Waals surface area (Å²) < 4.78 is 1.78. The van der Waals surface area contributed by atoms with Gasteiger partial charge in [-0.1, -0.05) is 19.1 Å². The predicted molar refractivity (Wildman–Crippen MR) is 81.1 cm³/mol. The zero-order valence-electron chi connectivity index (χ0n) is 12.2. The summed E-state index contributed by atoms with van der Waals surface area (Å²) in [6.07, 6.45) is 4.68. The molecule has 0 bridgehead atoms. The molecule has 2 aromatic rings. The maximum absolute atomic E-state index is 11.8. The lowest BCUT2D eigenvalue weighted by molar-refractivity contribution is -0.120. The largest absolute Gasteiger partial charge is 0.396 e. The highest BCUT2D eigenvalue weighted by Gasteiger charge is 2.06. The Labute approximate surface area is 124 Å². The SMILES string of the molecule is CC(CCO)CNC(=O)Cc1ccc(-n2cccn2)cc1. The number of nitrogens with zero attached hydrogens (tertiary/aromatic N) is 2. The number of aromatic nitrogens is 2. The normalized spacial score (nSPS) is 12.1. The minimum atomic E-state index is 0.00614. The van der Waals surface area contributed by atoms with Crippen molar-refractivity contribution in [1.29, 1.82) is 0 Å². The van der Waals surface area contributed by atoms with E-state index in [0.29, 0.717) is 25.3 Å². The smallest absolute Gasteiger partial charge is 0.224 e. The van der Waals surface area contributed by atoms with E-state index in [2.05, 4.69) is 10.4 Å². The van der Waals surface area contributed by atoms with Gasteiger partial charge in [-0.2, -0.15) is 5.10 Å². The van der Waals surface area contributed by atoms with Crippen molar-refractivity contribution in [2.75, 3.05) is 13.2 Å². The van der Waals surface area contributed by atoms with Crippen molar-refractivity contribution in [3.05, 3.63) is 48.3 Å². The highest BCUT2D eigenvalue weighted by molar-refractivity contribution is 5.78. The summed E-state index contributed by atoms with van der Waals surface area (Å²) in [5.41, 5.74) is 1.94. The Bertz CT molecular complexity index is 549. The zero-order chi connectivity index (χ0) is 15.1. The molecule has 0 aliphatic carbocycles. The van der Waals surface area contributed by atoms with Crippen LogP contribution >= 0.6 is 0 Å². The van der Waals surface area contributed by atoms with Crippen molar-refractivity contribution < 1.29 is 9.90 Å². The van der Waals surface area contributed by atoms with E-state index in [9.17, 15) is 4.79 Å². The molecule has 0 saturated carbocycles. The van der Waals surface area contributed by atoms with Crippen molar-refractivity contribution in [3.63, 3.8) is 0 Å². The molecule has 1 aromatic carbocycles. The molecule has 112 valence electrons. The highest BCUT2D eigenvalue weighted by Crippen LogP contribution is 2.09. The number of aliphatic hydroxyl groups excluding tert-OH is 1. The number of nitrogens with one attached hydrogen (secondary N) is 1. The van der Waals surface area contributed by atoms with Crippen LogP contribution in [-0.4, -0.2) is 33.9 Å². The molecular formula is C16H21N3O2. The molecule has 1 aromatic heterocycles. The number of amides is 1. The van der Waals surface area contributed by atoms with Crippen LogP contribution in [0.3, 0.4) is 0 Å². The first-order valence-corrected chi connectivity index (χ1v) is 7.15. The van der Waals surface area contributed by atoms with Crippen LogP contribution in [0, 0.1) is 5.92 Å². The number of hydrogen-bond acceptors (Lipinski definition) is 3. The van der Waals surface area contributed by atoms with E-state index in [1.54, 1.807) is 10.9 Å². The molecule has 5 heteroatoms. The van der Waals surface area contributed by atoms with Gasteiger partial charge in [-0.3, -0.25) is 4.79 Å². The fraction of sp³-hybridized carbons (Fsp3) is 0.375. The molecule has 1 heterocycles. The van der Waals surface area contributed by atoms with Gasteiger partial charge in [0.05, 0.1) is 12.1 Å². The number of benzene rings is 1. The summed E-state index contributed by atoms with van der Waals surface area (Å²) in [4.78, 5) is 11.8. The molecule has 5 nitrogen and oxygen atoms in total. The number of hydrogen-bond donors (Lipinski definition) is 2. The standard InChI is InChI=1S/C16H21N3O2/c1-13(7-10-20)12-17-16(21)11-14-3-5-15(6-4-14)19-9-2-8-18-19/h2-6,8-9,13,20H,7,10-12H2,1H3,(H,17,21). The topological polar surface area (TPSA) is 67.2 Å². The van der Waals surface area contributed by atoms with Crippen molar-refractivity contribution >= 4 is 5.91 Å². The highest BCUT2D eigenvalue weighted by atomic mass is 16.3. The molecule has 0 aliphatic heterocycles. The van der Waals surface area contributed by atoms with Gasteiger partial charge in [0.2, 0.25) is 5.91 Å². The Morgan fingerprint density at radius 2 is 2.14 bits per heavy atom. The van der Waals surface area contributed by atoms with E-state index < -0.39 is 0 Å². The predicted octanol–water partition coefficient (Wildman–Crippen LogP) is 1.55. The van der Waals surface area contributed by atoms with Gasteiger partial charge in [0.1, 0.15) is 0 Å². The van der Waals surface area contributed by atoms with Crippen molar-refractivity contribution in [2.45, 2.75) is 19.8 Å². The van der Waals surface area contributed by atoms with E-state index >= 15 is 0 Å². The Hall–Kier alpha value is -2.14. The molecule has 21 heavy (non-hydrogen) atoms. The Morgan fingerprint density at radius 3 is 2.76 bits per heavy atom. The van der Waals surface area contributed by atoms with Gasteiger partial charge >= 0.3 is 0 Å². The summed E-state index contributed by atoms with van der Waals surface area (Å²) >= 11 is 0. The number of carbonyl (C=O) groups is 1. The lowest BCUT2D eigenvalue weighted by Gasteiger charge is -2.11. The summed E-state index contributed by atoms with van der Waals surface area (Å²) in [6, 6.07) is 9.64. The first-order chi connectivity index (χ1) is 10.2. The maximum atomic E-state index is 11.8. The average molecular weight is 287 g/mol. The third-order valence-electron chi connectivity index (χ3n) is 3.34. The molecule has 0 radical (unpaired) electrons. The first-order valence-electron chi connectivity index (χ1n) is 7.15. The van der Waals surface area contributed by atoms with Gasteiger partial charge in [-0.25, -0.2) is 4.68 Å². The molecule has 1 amide bonds. The van der Waals surface area contributed by atoms with E-state index in [1.807, 2.05) is 43.5 Å². The van der Waals surface area contributed by atoms with Gasteiger partial charge < -0.3 is 10.4 Å². The lowest BCUT2D eigenvalue weighted by Crippen LogP contribution is -2.29. The summed E-state index contributed by atoms with van der Waals surface area (Å²) in [5.74, 6) is 0.299. The molecule has 2 N–H and O–H groups in total. The monoisotopic (exact) mass is 287 g/mol. The minimum Gasteiger partial charge on any atom is -0.396 e. The van der Waals surface area contributed by atoms with Crippen LogP contribution in [-0.2, 0) is 11.2 Å². The second-order valence-corrected chi connectivity index (χ2v) is 5.22. The van der Waals surface area contributed by atoms with Crippen LogP contribution in [0.15, 0.2) is 42.7 Å². The van der Waals surface area contributed by atoms with Crippen LogP contribution in [0.25, 0.3) is 5.69 Å². The molecule has 0 aliphatic rings. The molecular weight excluding hydrogens is 266 g/mol. The van der Waals surface area contributed by atoms with E-state index in [4.69, 9.17) is 5.11 Å². The molecule has 0 spiro atoms. The van der Waals surface area contributed by atoms with E-state index in [-0.39, 0.29) is 12.5 Å². The quantitative estimate of drug-likeness (QED) is 0.812. The number of aliphatic hydroxyl groups is 1. The molecule has 1 unspecified atom stereocenters. The second kappa shape index (κ2) is 7.59. The Kier molecular flexibility index (Phi) is 5.51. The third-order valence-corrected chi connectivity index (χ3v) is 3.34. The third kappa shape index (κ3) is 4.72. The van der Waals surface area contributed by atoms with Gasteiger partial charge in [0.15, 0.2) is 0 Å². The van der Waals surface area contributed by atoms with Crippen molar-refractivity contribution in [2.24, 2.45) is 5.92 Å². The van der Waals surface area contributed by atoms with Crippen LogP contribution < -0.4 is 5.32 Å². The average Bonchev–Trinajstić information content (AvgIpc) is 3.00. The van der Waals surface area contributed by atoms with Crippen molar-refractivity contribution in [3.8, 4) is 5.69 Å². The fourth-order valence-corrected chi connectivity index (χ4v) is 2.05. The summed E-state index contributed by atoms with van der Waals surface area (Å²) in [5, 5.41) is 15.9. The minimum absolute atomic E-state index is 0.00614. The second-order valence-electron chi connectivity index (χ2n) is 5.22. The molecule has 2 rings (SSSR count). The van der Waals surface area contributed by atoms with E-state index in [0.717, 1.165) is 11.3 Å². The van der Waals surface area contributed by atoms with Crippen LogP contribution in [0.1, 0.15) is 18.9 Å². The van der Waals surface area contributed by atoms with Crippen LogP contribution in [0.4, 0.5) is 0 Å². The summed E-state index contributed by atoms with van der Waals surface area (Å²) in [6.45, 7) is 2.77. The van der Waals surface area contributed by atoms with Gasteiger partial charge in [-0.15, -0.1) is 0 Å². The number of rotatable bonds is 7. The van der Waals surface area contributed by atoms with Gasteiger partial charge in [-0.05, 0) is 36.1 Å². The van der Waals surface area contributed by atoms with Crippen LogP contribution in [0.2, 0.25) is 0 Å². The Balaban J connectivity index is 1.84. The van der Waals surface area contributed by atoms with Crippen molar-refractivity contribution in [1.82, 2.24) is 15.1 Å². The zero-order valence-corrected chi connectivity index (χ0v) is 12.2. The first kappa shape index (κ1) is 15.3. The van der Waals surface area contributed by atoms with E-state index in [1.165, 1.54) is 0 Å². The molecule has 0 saturated heterocycles. The maximum Gasteiger partial charge on any atom is 0.224 e. The number of carbonyl (C=O) groups excluding carboxylic acids is 1. The van der Waals surface area contributed by atoms with Gasteiger partial charge in [0, 0.05) is 25.5 Å². The van der Waals surface area contributed by atoms with Gasteiger partial charge in [0.25, 0.3) is 0 Å². The lowest BCUT2D eigenvalue weighted by atomic mass is 10.1. The fourth-order valence-electron chi connectivity index (χ4n) is 2.05. The molecule has 1 atom stereocenters. The Morgan fingerprint density at radius 1 is 1.38 bits per heavy atom. The molecule has 0 fully saturated rings. The van der Waals surface area contributed by atoms with Crippen LogP contribution in [0.5, 0.6) is 0 Å².